The number of pyridine rings is 1. The second-order valence-electron chi connectivity index (χ2n) is 6.63. The topological polar surface area (TPSA) is 189 Å². The number of methoxy groups -OCH3 is 2. The molecule has 0 spiro atoms. The van der Waals surface area contributed by atoms with Gasteiger partial charge in [-0.2, -0.15) is 0 Å². The van der Waals surface area contributed by atoms with Crippen LogP contribution in [0.15, 0.2) is 45.3 Å². The number of nitrogens with two attached hydrogens (primary N) is 2. The van der Waals surface area contributed by atoms with Crippen molar-refractivity contribution in [2.45, 2.75) is 18.4 Å². The third-order valence-corrected chi connectivity index (χ3v) is 5.62. The van der Waals surface area contributed by atoms with E-state index in [2.05, 4.69) is 15.2 Å². The summed E-state index contributed by atoms with van der Waals surface area (Å²) in [4.78, 5) is 29.6. The minimum absolute atomic E-state index is 0.0167. The number of amides is 1. The largest absolute Gasteiger partial charge is 0.493 e. The first-order valence-corrected chi connectivity index (χ1v) is 11.0. The molecule has 13 nitrogen and oxygen atoms in total. The van der Waals surface area contributed by atoms with E-state index in [1.807, 2.05) is 0 Å². The molecule has 0 aliphatic rings. The zero-order valence-electron chi connectivity index (χ0n) is 18.3. The molecule has 0 aliphatic carbocycles. The summed E-state index contributed by atoms with van der Waals surface area (Å²) in [5.74, 6) is -0.189. The first-order chi connectivity index (χ1) is 15.6. The lowest BCUT2D eigenvalue weighted by atomic mass is 10.2. The van der Waals surface area contributed by atoms with Crippen molar-refractivity contribution in [2.24, 2.45) is 16.6 Å². The molecule has 0 unspecified atom stereocenters. The van der Waals surface area contributed by atoms with Crippen molar-refractivity contribution < 1.29 is 27.5 Å². The van der Waals surface area contributed by atoms with Gasteiger partial charge in [-0.15, -0.1) is 0 Å². The van der Waals surface area contributed by atoms with E-state index >= 15 is 0 Å². The Morgan fingerprint density at radius 3 is 2.48 bits per heavy atom. The molecule has 180 valence electrons. The standard InChI is InChI=1S/C19H26N6O7S/c1-12-6-8-25(11-16(26)22-7-9-32-23-19(20)21)18(27)17(12)24-33(28,29)13-4-5-14(30-2)15(10-13)31-3/h4-6,8,10,24H,7,9,11H2,1-3H3,(H,22,26)(H4,20,21,23). The van der Waals surface area contributed by atoms with E-state index in [1.165, 1.54) is 44.7 Å². The van der Waals surface area contributed by atoms with Crippen LogP contribution in [0.5, 0.6) is 11.5 Å². The van der Waals surface area contributed by atoms with E-state index in [-0.39, 0.29) is 42.0 Å². The maximum atomic E-state index is 12.9. The van der Waals surface area contributed by atoms with Crippen molar-refractivity contribution in [3.05, 3.63) is 46.4 Å². The van der Waals surface area contributed by atoms with E-state index in [4.69, 9.17) is 25.8 Å². The number of aryl methyl sites for hydroxylation is 1. The molecule has 33 heavy (non-hydrogen) atoms. The Hall–Kier alpha value is -3.94. The van der Waals surface area contributed by atoms with Crippen molar-refractivity contribution in [3.8, 4) is 11.5 Å². The SMILES string of the molecule is COc1ccc(S(=O)(=O)Nc2c(C)ccn(CC(=O)NCCON=C(N)N)c2=O)cc1OC. The van der Waals surface area contributed by atoms with Crippen LogP contribution in [0.25, 0.3) is 0 Å². The summed E-state index contributed by atoms with van der Waals surface area (Å²) in [6, 6.07) is 5.54. The highest BCUT2D eigenvalue weighted by Gasteiger charge is 2.21. The van der Waals surface area contributed by atoms with E-state index in [1.54, 1.807) is 6.92 Å². The van der Waals surface area contributed by atoms with Crippen LogP contribution >= 0.6 is 0 Å². The molecule has 0 saturated heterocycles. The fraction of sp³-hybridized carbons (Fsp3) is 0.316. The van der Waals surface area contributed by atoms with Gasteiger partial charge in [0.25, 0.3) is 15.6 Å². The van der Waals surface area contributed by atoms with Crippen LogP contribution in [0, 0.1) is 6.92 Å². The van der Waals surface area contributed by atoms with Crippen LogP contribution in [-0.4, -0.2) is 52.2 Å². The molecule has 1 heterocycles. The lowest BCUT2D eigenvalue weighted by Crippen LogP contribution is -2.35. The van der Waals surface area contributed by atoms with Gasteiger partial charge >= 0.3 is 0 Å². The van der Waals surface area contributed by atoms with Gasteiger partial charge < -0.3 is 35.7 Å². The number of nitrogens with one attached hydrogen (secondary N) is 2. The van der Waals surface area contributed by atoms with Gasteiger partial charge in [-0.05, 0) is 35.8 Å². The zero-order chi connectivity index (χ0) is 24.6. The van der Waals surface area contributed by atoms with Gasteiger partial charge in [-0.25, -0.2) is 8.42 Å². The number of rotatable bonds is 11. The van der Waals surface area contributed by atoms with E-state index in [0.717, 1.165) is 4.57 Å². The number of hydrogen-bond acceptors (Lipinski definition) is 8. The summed E-state index contributed by atoms with van der Waals surface area (Å²) in [6.07, 6.45) is 1.39. The first-order valence-electron chi connectivity index (χ1n) is 9.51. The van der Waals surface area contributed by atoms with E-state index in [0.29, 0.717) is 11.3 Å². The molecule has 2 aromatic rings. The summed E-state index contributed by atoms with van der Waals surface area (Å²) >= 11 is 0. The lowest BCUT2D eigenvalue weighted by molar-refractivity contribution is -0.121. The Morgan fingerprint density at radius 2 is 1.85 bits per heavy atom. The summed E-state index contributed by atoms with van der Waals surface area (Å²) in [7, 11) is -1.34. The van der Waals surface area contributed by atoms with Gasteiger partial charge in [-0.3, -0.25) is 14.3 Å². The second-order valence-corrected chi connectivity index (χ2v) is 8.31. The van der Waals surface area contributed by atoms with Gasteiger partial charge in [0.15, 0.2) is 11.5 Å². The number of hydrogen-bond donors (Lipinski definition) is 4. The highest BCUT2D eigenvalue weighted by molar-refractivity contribution is 7.92. The number of aromatic nitrogens is 1. The molecule has 1 aromatic carbocycles. The van der Waals surface area contributed by atoms with Crippen LogP contribution < -0.4 is 36.5 Å². The fourth-order valence-electron chi connectivity index (χ4n) is 2.66. The molecule has 14 heteroatoms. The van der Waals surface area contributed by atoms with Gasteiger partial charge in [0.1, 0.15) is 18.8 Å². The van der Waals surface area contributed by atoms with Crippen LogP contribution in [-0.2, 0) is 26.2 Å². The maximum absolute atomic E-state index is 12.9. The quantitative estimate of drug-likeness (QED) is 0.139. The van der Waals surface area contributed by atoms with Gasteiger partial charge in [0.2, 0.25) is 11.9 Å². The number of carbonyl (C=O) groups excluding carboxylic acids is 1. The van der Waals surface area contributed by atoms with Crippen molar-refractivity contribution in [1.82, 2.24) is 9.88 Å². The van der Waals surface area contributed by atoms with Crippen LogP contribution in [0.3, 0.4) is 0 Å². The summed E-state index contributed by atoms with van der Waals surface area (Å²) in [6.45, 7) is 1.34. The lowest BCUT2D eigenvalue weighted by Gasteiger charge is -2.14. The van der Waals surface area contributed by atoms with Gasteiger partial charge in [-0.1, -0.05) is 0 Å². The Morgan fingerprint density at radius 1 is 1.15 bits per heavy atom. The molecule has 6 N–H and O–H groups in total. The second kappa shape index (κ2) is 11.1. The fourth-order valence-corrected chi connectivity index (χ4v) is 3.80. The Kier molecular flexibility index (Phi) is 8.50. The van der Waals surface area contributed by atoms with E-state index in [9.17, 15) is 18.0 Å². The average Bonchev–Trinajstić information content (AvgIpc) is 2.77. The third-order valence-electron chi connectivity index (χ3n) is 4.27. The third kappa shape index (κ3) is 6.77. The summed E-state index contributed by atoms with van der Waals surface area (Å²) in [5.41, 5.74) is 9.72. The highest BCUT2D eigenvalue weighted by atomic mass is 32.2. The molecule has 0 atom stereocenters. The van der Waals surface area contributed by atoms with E-state index < -0.39 is 21.5 Å². The highest BCUT2D eigenvalue weighted by Crippen LogP contribution is 2.30. The number of carbonyl (C=O) groups is 1. The zero-order valence-corrected chi connectivity index (χ0v) is 19.1. The predicted octanol–water partition coefficient (Wildman–Crippen LogP) is -0.704. The molecule has 0 saturated carbocycles. The molecule has 2 rings (SSSR count). The summed E-state index contributed by atoms with van der Waals surface area (Å²) in [5, 5.41) is 5.83. The molecular formula is C19H26N6O7S. The predicted molar refractivity (Wildman–Crippen MR) is 121 cm³/mol. The molecule has 0 aliphatic heterocycles. The number of ether oxygens (including phenoxy) is 2. The Balaban J connectivity index is 2.18. The first kappa shape index (κ1) is 25.3. The van der Waals surface area contributed by atoms with Gasteiger partial charge in [0, 0.05) is 12.3 Å². The van der Waals surface area contributed by atoms with Crippen molar-refractivity contribution in [3.63, 3.8) is 0 Å². The normalized spacial score (nSPS) is 10.8. The number of oxime groups is 1. The summed E-state index contributed by atoms with van der Waals surface area (Å²) < 4.78 is 39.4. The van der Waals surface area contributed by atoms with Crippen molar-refractivity contribution in [2.75, 3.05) is 32.1 Å². The number of benzene rings is 1. The molecule has 0 radical (unpaired) electrons. The maximum Gasteiger partial charge on any atom is 0.275 e. The van der Waals surface area contributed by atoms with Crippen LogP contribution in [0.2, 0.25) is 0 Å². The number of nitrogens with zero attached hydrogens (tertiary/aromatic N) is 2. The minimum atomic E-state index is -4.14. The molecule has 0 fully saturated rings. The molecular weight excluding hydrogens is 456 g/mol. The minimum Gasteiger partial charge on any atom is -0.493 e. The van der Waals surface area contributed by atoms with Gasteiger partial charge in [0.05, 0.1) is 25.7 Å². The number of sulfonamides is 1. The Labute approximate surface area is 190 Å². The number of anilines is 1. The Bertz CT molecular complexity index is 1190. The average molecular weight is 483 g/mol. The van der Waals surface area contributed by atoms with Crippen LogP contribution in [0.1, 0.15) is 5.56 Å². The molecule has 1 amide bonds. The molecule has 0 bridgehead atoms. The molecule has 1 aromatic heterocycles. The van der Waals surface area contributed by atoms with Crippen molar-refractivity contribution >= 4 is 27.6 Å². The smallest absolute Gasteiger partial charge is 0.275 e. The van der Waals surface area contributed by atoms with Crippen molar-refractivity contribution in [1.29, 1.82) is 0 Å². The van der Waals surface area contributed by atoms with Crippen LogP contribution in [0.4, 0.5) is 5.69 Å². The number of guanidine groups is 1. The monoisotopic (exact) mass is 482 g/mol.